The summed E-state index contributed by atoms with van der Waals surface area (Å²) in [5.74, 6) is -0.193. The molecule has 0 aliphatic rings. The van der Waals surface area contributed by atoms with Gasteiger partial charge in [0.15, 0.2) is 0 Å². The maximum atomic E-state index is 9.98. The molecule has 0 bridgehead atoms. The molecule has 0 aromatic carbocycles. The number of carbonyl (C=O) groups excluding carboxylic acids is 1. The Bertz CT molecular complexity index is 101. The summed E-state index contributed by atoms with van der Waals surface area (Å²) >= 11 is 0. The van der Waals surface area contributed by atoms with E-state index in [0.717, 1.165) is 13.5 Å². The first-order valence-electron chi connectivity index (χ1n) is 5.77. The molecule has 0 saturated carbocycles. The van der Waals surface area contributed by atoms with Crippen LogP contribution >= 0.6 is 0 Å². The van der Waals surface area contributed by atoms with Gasteiger partial charge >= 0.3 is 5.97 Å². The first kappa shape index (κ1) is 24.6. The molecule has 0 rings (SSSR count). The summed E-state index contributed by atoms with van der Waals surface area (Å²) in [6, 6.07) is 0. The maximum absolute atomic E-state index is 9.98. The minimum absolute atomic E-state index is 0. The molecule has 0 heterocycles. The highest BCUT2D eigenvalue weighted by atomic mass is 16.5. The summed E-state index contributed by atoms with van der Waals surface area (Å²) < 4.78 is 4.55. The van der Waals surface area contributed by atoms with E-state index >= 15 is 0 Å². The summed E-state index contributed by atoms with van der Waals surface area (Å²) in [6.07, 6.45) is 6.44. The van der Waals surface area contributed by atoms with E-state index in [2.05, 4.69) is 18.6 Å². The van der Waals surface area contributed by atoms with Crippen molar-refractivity contribution >= 4 is 5.97 Å². The lowest BCUT2D eigenvalue weighted by atomic mass is 10.2. The molecule has 0 saturated heterocycles. The van der Waals surface area contributed by atoms with Crippen LogP contribution in [0.4, 0.5) is 0 Å². The van der Waals surface area contributed by atoms with Crippen LogP contribution in [-0.2, 0) is 9.53 Å². The van der Waals surface area contributed by atoms with Gasteiger partial charge in [0.2, 0.25) is 0 Å². The molecule has 0 spiro atoms. The van der Waals surface area contributed by atoms with Crippen molar-refractivity contribution in [1.29, 1.82) is 0 Å². The second-order valence-electron chi connectivity index (χ2n) is 3.05. The van der Waals surface area contributed by atoms with Crippen molar-refractivity contribution in [2.24, 2.45) is 0 Å². The van der Waals surface area contributed by atoms with Crippen molar-refractivity contribution in [2.45, 2.75) is 59.8 Å². The first-order chi connectivity index (χ1) is 7.18. The number of aliphatic hydroxyl groups excluding tert-OH is 1. The Kier molecular flexibility index (Phi) is 44.9. The number of esters is 1. The number of carbonyl (C=O) groups is 1. The van der Waals surface area contributed by atoms with Crippen molar-refractivity contribution in [3.63, 3.8) is 0 Å². The van der Waals surface area contributed by atoms with E-state index in [4.69, 9.17) is 5.11 Å². The van der Waals surface area contributed by atoms with Crippen LogP contribution in [0.5, 0.6) is 0 Å². The Morgan fingerprint density at radius 1 is 1.00 bits per heavy atom. The number of hydrogen-bond acceptors (Lipinski definition) is 3. The van der Waals surface area contributed by atoms with Gasteiger partial charge in [-0.1, -0.05) is 46.5 Å². The zero-order valence-electron chi connectivity index (χ0n) is 11.5. The molecule has 4 nitrogen and oxygen atoms in total. The van der Waals surface area contributed by atoms with Crippen LogP contribution in [0.1, 0.15) is 59.8 Å². The molecule has 0 radical (unpaired) electrons. The van der Waals surface area contributed by atoms with Gasteiger partial charge < -0.3 is 15.3 Å². The molecule has 3 N–H and O–H groups in total. The third-order valence-corrected chi connectivity index (χ3v) is 1.47. The van der Waals surface area contributed by atoms with Gasteiger partial charge in [-0.05, 0) is 6.42 Å². The van der Waals surface area contributed by atoms with E-state index in [9.17, 15) is 4.79 Å². The fourth-order valence-corrected chi connectivity index (χ4v) is 0.746. The molecule has 4 heteroatoms. The second kappa shape index (κ2) is 29.3. The van der Waals surface area contributed by atoms with E-state index in [0.29, 0.717) is 6.61 Å². The standard InChI is InChI=1S/C6H14.C5H10O2.CH4O.H2O/c1-3-5-6-4-2;1-3-4-7-5(2)6;1-2;/h3-6H2,1-2H3;3-4H2,1-2H3;2H,1H3;1H2. The monoisotopic (exact) mass is 238 g/mol. The fourth-order valence-electron chi connectivity index (χ4n) is 0.746. The summed E-state index contributed by atoms with van der Waals surface area (Å²) in [5.41, 5.74) is 0. The smallest absolute Gasteiger partial charge is 0.302 e. The zero-order chi connectivity index (χ0) is 12.5. The highest BCUT2D eigenvalue weighted by molar-refractivity contribution is 5.65. The largest absolute Gasteiger partial charge is 0.466 e. The summed E-state index contributed by atoms with van der Waals surface area (Å²) in [5, 5.41) is 7.00. The molecule has 0 fully saturated rings. The van der Waals surface area contributed by atoms with Gasteiger partial charge in [0, 0.05) is 14.0 Å². The third-order valence-electron chi connectivity index (χ3n) is 1.47. The lowest BCUT2D eigenvalue weighted by molar-refractivity contribution is -0.140. The highest BCUT2D eigenvalue weighted by Crippen LogP contribution is 1.95. The Hall–Kier alpha value is -0.610. The maximum Gasteiger partial charge on any atom is 0.302 e. The Balaban J connectivity index is -0.0000000743. The zero-order valence-corrected chi connectivity index (χ0v) is 11.5. The van der Waals surface area contributed by atoms with Gasteiger partial charge in [-0.2, -0.15) is 0 Å². The van der Waals surface area contributed by atoms with Crippen LogP contribution in [0.2, 0.25) is 0 Å². The SMILES string of the molecule is CCCCCC.CCCOC(C)=O.CO.O. The van der Waals surface area contributed by atoms with Crippen molar-refractivity contribution in [3.8, 4) is 0 Å². The predicted octanol–water partition coefficient (Wildman–Crippen LogP) is 2.33. The second-order valence-corrected chi connectivity index (χ2v) is 3.05. The van der Waals surface area contributed by atoms with Gasteiger partial charge in [0.25, 0.3) is 0 Å². The normalized spacial score (nSPS) is 7.38. The molecule has 0 aromatic rings. The van der Waals surface area contributed by atoms with Gasteiger partial charge in [0.1, 0.15) is 0 Å². The number of aliphatic hydroxyl groups is 1. The average Bonchev–Trinajstić information content (AvgIpc) is 2.27. The molecule has 0 atom stereocenters. The molecule has 0 aromatic heterocycles. The lowest BCUT2D eigenvalue weighted by Gasteiger charge is -1.93. The quantitative estimate of drug-likeness (QED) is 0.589. The van der Waals surface area contributed by atoms with Crippen molar-refractivity contribution < 1.29 is 20.1 Å². The number of hydrogen-bond donors (Lipinski definition) is 1. The van der Waals surface area contributed by atoms with Gasteiger partial charge in [-0.25, -0.2) is 0 Å². The van der Waals surface area contributed by atoms with Gasteiger partial charge in [0.05, 0.1) is 6.61 Å². The fraction of sp³-hybridized carbons (Fsp3) is 0.917. The van der Waals surface area contributed by atoms with Crippen molar-refractivity contribution in [1.82, 2.24) is 0 Å². The Morgan fingerprint density at radius 3 is 1.50 bits per heavy atom. The summed E-state index contributed by atoms with van der Waals surface area (Å²) in [7, 11) is 1.00. The van der Waals surface area contributed by atoms with E-state index in [-0.39, 0.29) is 11.4 Å². The number of ether oxygens (including phenoxy) is 1. The first-order valence-corrected chi connectivity index (χ1v) is 5.77. The number of unbranched alkanes of at least 4 members (excludes halogenated alkanes) is 3. The lowest BCUT2D eigenvalue weighted by Crippen LogP contribution is -1.98. The molecule has 0 aliphatic carbocycles. The Morgan fingerprint density at radius 2 is 1.38 bits per heavy atom. The average molecular weight is 238 g/mol. The summed E-state index contributed by atoms with van der Waals surface area (Å²) in [4.78, 5) is 9.98. The van der Waals surface area contributed by atoms with E-state index in [1.807, 2.05) is 6.92 Å². The Labute approximate surface area is 100 Å². The van der Waals surface area contributed by atoms with Crippen LogP contribution in [-0.4, -0.2) is 30.3 Å². The van der Waals surface area contributed by atoms with E-state index in [1.165, 1.54) is 32.6 Å². The topological polar surface area (TPSA) is 78.0 Å². The molecule has 16 heavy (non-hydrogen) atoms. The predicted molar refractivity (Wildman–Crippen MR) is 68.5 cm³/mol. The van der Waals surface area contributed by atoms with Crippen molar-refractivity contribution in [3.05, 3.63) is 0 Å². The minimum atomic E-state index is -0.193. The van der Waals surface area contributed by atoms with Gasteiger partial charge in [-0.15, -0.1) is 0 Å². The van der Waals surface area contributed by atoms with Crippen LogP contribution < -0.4 is 0 Å². The third kappa shape index (κ3) is 50.3. The minimum Gasteiger partial charge on any atom is -0.466 e. The molecule has 0 unspecified atom stereocenters. The van der Waals surface area contributed by atoms with Gasteiger partial charge in [-0.3, -0.25) is 4.79 Å². The van der Waals surface area contributed by atoms with Crippen LogP contribution in [0.25, 0.3) is 0 Å². The highest BCUT2D eigenvalue weighted by Gasteiger charge is 1.85. The van der Waals surface area contributed by atoms with Crippen LogP contribution in [0, 0.1) is 0 Å². The molecular weight excluding hydrogens is 208 g/mol. The number of rotatable bonds is 5. The molecule has 0 aliphatic heterocycles. The van der Waals surface area contributed by atoms with Crippen LogP contribution in [0.15, 0.2) is 0 Å². The van der Waals surface area contributed by atoms with E-state index in [1.54, 1.807) is 0 Å². The summed E-state index contributed by atoms with van der Waals surface area (Å²) in [6.45, 7) is 8.39. The molecule has 0 amide bonds. The molecular formula is C12H30O4. The van der Waals surface area contributed by atoms with E-state index < -0.39 is 0 Å². The molecule has 102 valence electrons. The van der Waals surface area contributed by atoms with Crippen molar-refractivity contribution in [2.75, 3.05) is 13.7 Å². The van der Waals surface area contributed by atoms with Crippen LogP contribution in [0.3, 0.4) is 0 Å².